The summed E-state index contributed by atoms with van der Waals surface area (Å²) in [5.41, 5.74) is 0.861. The monoisotopic (exact) mass is 394 g/mol. The molecule has 1 fully saturated rings. The van der Waals surface area contributed by atoms with Crippen molar-refractivity contribution in [2.75, 3.05) is 19.7 Å². The van der Waals surface area contributed by atoms with Gasteiger partial charge in [0.05, 0.1) is 19.3 Å². The van der Waals surface area contributed by atoms with Crippen molar-refractivity contribution < 1.29 is 18.8 Å². The Labute approximate surface area is 162 Å². The van der Waals surface area contributed by atoms with Crippen molar-refractivity contribution in [3.05, 3.63) is 40.5 Å². The van der Waals surface area contributed by atoms with Gasteiger partial charge in [-0.05, 0) is 32.9 Å². The van der Waals surface area contributed by atoms with Crippen molar-refractivity contribution in [3.63, 3.8) is 0 Å². The van der Waals surface area contributed by atoms with Crippen molar-refractivity contribution in [1.29, 1.82) is 0 Å². The summed E-state index contributed by atoms with van der Waals surface area (Å²) in [5.74, 6) is 1.59. The third-order valence-electron chi connectivity index (χ3n) is 4.13. The van der Waals surface area contributed by atoms with Crippen LogP contribution in [0.15, 0.2) is 22.7 Å². The lowest BCUT2D eigenvalue weighted by Crippen LogP contribution is -2.49. The quantitative estimate of drug-likeness (QED) is 0.838. The number of ether oxygens (including phenoxy) is 2. The molecule has 3 rings (SSSR count). The molecular weight excluding hydrogens is 372 g/mol. The number of carbonyl (C=O) groups excluding carboxylic acids is 1. The van der Waals surface area contributed by atoms with Crippen molar-refractivity contribution in [2.45, 2.75) is 39.5 Å². The van der Waals surface area contributed by atoms with Crippen LogP contribution in [0.2, 0.25) is 5.02 Å². The van der Waals surface area contributed by atoms with Gasteiger partial charge in [-0.2, -0.15) is 4.98 Å². The van der Waals surface area contributed by atoms with Crippen LogP contribution in [0.1, 0.15) is 37.2 Å². The van der Waals surface area contributed by atoms with Crippen LogP contribution in [-0.4, -0.2) is 46.9 Å². The van der Waals surface area contributed by atoms with E-state index in [2.05, 4.69) is 15.5 Å². The molecule has 1 aliphatic rings. The van der Waals surface area contributed by atoms with E-state index in [1.54, 1.807) is 24.0 Å². The van der Waals surface area contributed by atoms with E-state index in [1.807, 2.05) is 19.9 Å². The number of morpholine rings is 1. The van der Waals surface area contributed by atoms with Crippen LogP contribution in [0.4, 0.5) is 4.79 Å². The molecule has 9 heteroatoms. The zero-order valence-electron chi connectivity index (χ0n) is 15.6. The molecular formula is C18H23ClN4O4. The Morgan fingerprint density at radius 3 is 2.96 bits per heavy atom. The molecule has 1 aliphatic heterocycles. The maximum Gasteiger partial charge on any atom is 0.317 e. The highest BCUT2D eigenvalue weighted by Gasteiger charge is 2.32. The Balaban J connectivity index is 1.63. The Morgan fingerprint density at radius 2 is 2.26 bits per heavy atom. The van der Waals surface area contributed by atoms with Crippen molar-refractivity contribution >= 4 is 17.6 Å². The summed E-state index contributed by atoms with van der Waals surface area (Å²) in [6.07, 6.45) is -0.577. The van der Waals surface area contributed by atoms with Gasteiger partial charge in [-0.1, -0.05) is 22.8 Å². The molecule has 2 amide bonds. The van der Waals surface area contributed by atoms with Crippen molar-refractivity contribution in [2.24, 2.45) is 0 Å². The van der Waals surface area contributed by atoms with E-state index < -0.39 is 6.10 Å². The number of hydrogen-bond acceptors (Lipinski definition) is 6. The third kappa shape index (κ3) is 4.90. The van der Waals surface area contributed by atoms with E-state index in [-0.39, 0.29) is 12.1 Å². The number of halogens is 1. The molecule has 1 aromatic heterocycles. The second kappa shape index (κ2) is 8.58. The second-order valence-electron chi connectivity index (χ2n) is 6.36. The first kappa shape index (κ1) is 19.4. The van der Waals surface area contributed by atoms with Crippen LogP contribution in [0, 0.1) is 6.92 Å². The first-order valence-electron chi connectivity index (χ1n) is 8.86. The lowest BCUT2D eigenvalue weighted by atomic mass is 10.2. The minimum absolute atomic E-state index is 0.142. The average molecular weight is 395 g/mol. The number of aromatic nitrogens is 2. The molecule has 0 aliphatic carbocycles. The van der Waals surface area contributed by atoms with E-state index in [1.165, 1.54) is 0 Å². The summed E-state index contributed by atoms with van der Waals surface area (Å²) in [6.45, 7) is 7.23. The molecule has 0 saturated carbocycles. The number of aryl methyl sites for hydroxylation is 1. The molecule has 1 N–H and O–H groups in total. The first-order valence-corrected chi connectivity index (χ1v) is 9.23. The molecule has 146 valence electrons. The van der Waals surface area contributed by atoms with Crippen LogP contribution in [0.3, 0.4) is 0 Å². The van der Waals surface area contributed by atoms with E-state index in [0.29, 0.717) is 48.7 Å². The number of hydrogen-bond donors (Lipinski definition) is 1. The van der Waals surface area contributed by atoms with Gasteiger partial charge in [-0.25, -0.2) is 4.79 Å². The SMILES string of the molecule is CCOc1cc(Cl)ccc1CNC(=O)N1C[C@@H](C)O[C@@H](c2nc(C)no2)C1. The summed E-state index contributed by atoms with van der Waals surface area (Å²) >= 11 is 6.02. The normalized spacial score (nSPS) is 19.8. The smallest absolute Gasteiger partial charge is 0.317 e. The van der Waals surface area contributed by atoms with Gasteiger partial charge in [0.25, 0.3) is 5.89 Å². The maximum absolute atomic E-state index is 12.7. The number of urea groups is 1. The molecule has 27 heavy (non-hydrogen) atoms. The Morgan fingerprint density at radius 1 is 1.44 bits per heavy atom. The molecule has 8 nitrogen and oxygen atoms in total. The van der Waals surface area contributed by atoms with Crippen molar-refractivity contribution in [3.8, 4) is 5.75 Å². The highest BCUT2D eigenvalue weighted by Crippen LogP contribution is 2.25. The Kier molecular flexibility index (Phi) is 6.18. The molecule has 0 bridgehead atoms. The predicted octanol–water partition coefficient (Wildman–Crippen LogP) is 3.10. The number of rotatable bonds is 5. The van der Waals surface area contributed by atoms with Gasteiger partial charge >= 0.3 is 6.03 Å². The summed E-state index contributed by atoms with van der Waals surface area (Å²) < 4.78 is 16.6. The molecule has 1 aromatic carbocycles. The van der Waals surface area contributed by atoms with Gasteiger partial charge in [-0.15, -0.1) is 0 Å². The first-order chi connectivity index (χ1) is 13.0. The molecule has 1 saturated heterocycles. The molecule has 0 radical (unpaired) electrons. The maximum atomic E-state index is 12.7. The minimum Gasteiger partial charge on any atom is -0.493 e. The van der Waals surface area contributed by atoms with Crippen LogP contribution < -0.4 is 10.1 Å². The van der Waals surface area contributed by atoms with Crippen LogP contribution >= 0.6 is 11.6 Å². The zero-order valence-corrected chi connectivity index (χ0v) is 16.3. The number of nitrogens with one attached hydrogen (secondary N) is 1. The summed E-state index contributed by atoms with van der Waals surface area (Å²) in [5, 5.41) is 7.30. The van der Waals surface area contributed by atoms with E-state index in [4.69, 9.17) is 25.6 Å². The van der Waals surface area contributed by atoms with Gasteiger partial charge in [0.2, 0.25) is 0 Å². The largest absolute Gasteiger partial charge is 0.493 e. The van der Waals surface area contributed by atoms with Crippen LogP contribution in [-0.2, 0) is 11.3 Å². The van der Waals surface area contributed by atoms with E-state index >= 15 is 0 Å². The fraction of sp³-hybridized carbons (Fsp3) is 0.500. The Bertz CT molecular complexity index is 797. The highest BCUT2D eigenvalue weighted by molar-refractivity contribution is 6.30. The van der Waals surface area contributed by atoms with Gasteiger partial charge in [-0.3, -0.25) is 0 Å². The highest BCUT2D eigenvalue weighted by atomic mass is 35.5. The summed E-state index contributed by atoms with van der Waals surface area (Å²) in [4.78, 5) is 18.6. The summed E-state index contributed by atoms with van der Waals surface area (Å²) in [7, 11) is 0. The Hall–Kier alpha value is -2.32. The second-order valence-corrected chi connectivity index (χ2v) is 6.80. The fourth-order valence-electron chi connectivity index (χ4n) is 2.94. The number of benzene rings is 1. The lowest BCUT2D eigenvalue weighted by molar-refractivity contribution is -0.0782. The number of amides is 2. The topological polar surface area (TPSA) is 89.7 Å². The van der Waals surface area contributed by atoms with Crippen LogP contribution in [0.5, 0.6) is 5.75 Å². The minimum atomic E-state index is -0.435. The molecule has 2 atom stereocenters. The molecule has 0 spiro atoms. The summed E-state index contributed by atoms with van der Waals surface area (Å²) in [6, 6.07) is 5.18. The average Bonchev–Trinajstić information content (AvgIpc) is 3.07. The zero-order chi connectivity index (χ0) is 19.4. The van der Waals surface area contributed by atoms with Gasteiger partial charge in [0.15, 0.2) is 11.9 Å². The lowest BCUT2D eigenvalue weighted by Gasteiger charge is -2.35. The van der Waals surface area contributed by atoms with Crippen molar-refractivity contribution in [1.82, 2.24) is 20.4 Å². The third-order valence-corrected chi connectivity index (χ3v) is 4.36. The fourth-order valence-corrected chi connectivity index (χ4v) is 3.11. The van der Waals surface area contributed by atoms with Gasteiger partial charge < -0.3 is 24.2 Å². The predicted molar refractivity (Wildman–Crippen MR) is 98.8 cm³/mol. The molecule has 2 aromatic rings. The van der Waals surface area contributed by atoms with E-state index in [0.717, 1.165) is 5.56 Å². The number of nitrogens with zero attached hydrogens (tertiary/aromatic N) is 3. The molecule has 0 unspecified atom stereocenters. The van der Waals surface area contributed by atoms with Gasteiger partial charge in [0, 0.05) is 23.7 Å². The van der Waals surface area contributed by atoms with E-state index in [9.17, 15) is 4.79 Å². The van der Waals surface area contributed by atoms with Crippen LogP contribution in [0.25, 0.3) is 0 Å². The van der Waals surface area contributed by atoms with Gasteiger partial charge in [0.1, 0.15) is 5.75 Å². The standard InChI is InChI=1S/C18H23ClN4O4/c1-4-25-15-7-14(19)6-5-13(15)8-20-18(24)23-9-11(2)26-16(10-23)17-21-12(3)22-27-17/h5-7,11,16H,4,8-10H2,1-3H3,(H,20,24)/t11-,16-/m1/s1. The molecule has 2 heterocycles. The number of carbonyl (C=O) groups is 1.